The highest BCUT2D eigenvalue weighted by molar-refractivity contribution is 6.45. The molecule has 0 unspecified atom stereocenters. The number of halogens is 2. The lowest BCUT2D eigenvalue weighted by molar-refractivity contribution is -0.136. The summed E-state index contributed by atoms with van der Waals surface area (Å²) in [6.45, 7) is 0. The van der Waals surface area contributed by atoms with Crippen LogP contribution in [-0.2, 0) is 9.59 Å². The van der Waals surface area contributed by atoms with Crippen molar-refractivity contribution < 1.29 is 23.9 Å². The topological polar surface area (TPSA) is 106 Å². The summed E-state index contributed by atoms with van der Waals surface area (Å²) in [7, 11) is 1.54. The third-order valence-corrected chi connectivity index (χ3v) is 5.02. The van der Waals surface area contributed by atoms with Gasteiger partial charge >= 0.3 is 17.8 Å². The van der Waals surface area contributed by atoms with Gasteiger partial charge in [-0.25, -0.2) is 10.2 Å². The van der Waals surface area contributed by atoms with Gasteiger partial charge in [-0.05, 0) is 66.2 Å². The summed E-state index contributed by atoms with van der Waals surface area (Å²) in [4.78, 5) is 36.1. The van der Waals surface area contributed by atoms with E-state index in [0.717, 1.165) is 0 Å². The summed E-state index contributed by atoms with van der Waals surface area (Å²) >= 11 is 11.8. The molecule has 2 N–H and O–H groups in total. The Morgan fingerprint density at radius 2 is 1.55 bits per heavy atom. The molecule has 168 valence electrons. The van der Waals surface area contributed by atoms with Gasteiger partial charge in [-0.1, -0.05) is 29.3 Å². The van der Waals surface area contributed by atoms with E-state index in [1.807, 2.05) is 0 Å². The van der Waals surface area contributed by atoms with E-state index < -0.39 is 17.8 Å². The van der Waals surface area contributed by atoms with E-state index in [1.54, 1.807) is 60.7 Å². The summed E-state index contributed by atoms with van der Waals surface area (Å²) in [5.74, 6) is -1.51. The smallest absolute Gasteiger partial charge is 0.343 e. The molecule has 0 radical (unpaired) electrons. The predicted molar refractivity (Wildman–Crippen MR) is 125 cm³/mol. The molecule has 3 aromatic carbocycles. The van der Waals surface area contributed by atoms with Crippen LogP contribution < -0.4 is 20.2 Å². The zero-order valence-electron chi connectivity index (χ0n) is 17.2. The van der Waals surface area contributed by atoms with Crippen molar-refractivity contribution in [2.45, 2.75) is 0 Å². The molecule has 0 bridgehead atoms. The van der Waals surface area contributed by atoms with Crippen LogP contribution in [0.5, 0.6) is 11.5 Å². The first-order chi connectivity index (χ1) is 15.9. The van der Waals surface area contributed by atoms with Gasteiger partial charge in [0.2, 0.25) is 0 Å². The average Bonchev–Trinajstić information content (AvgIpc) is 2.83. The lowest BCUT2D eigenvalue weighted by atomic mass is 10.2. The van der Waals surface area contributed by atoms with E-state index in [1.165, 1.54) is 19.4 Å². The van der Waals surface area contributed by atoms with Gasteiger partial charge in [0.05, 0.1) is 34.6 Å². The number of amides is 2. The SMILES string of the molecule is COc1ccc(C(=O)Oc2ccc(/C=N/NC(=O)C(=O)Nc3cccc(Cl)c3Cl)cc2)cc1. The summed E-state index contributed by atoms with van der Waals surface area (Å²) in [5, 5.41) is 6.45. The molecule has 0 fully saturated rings. The van der Waals surface area contributed by atoms with Crippen LogP contribution in [0, 0.1) is 0 Å². The Hall–Kier alpha value is -3.88. The molecule has 0 atom stereocenters. The number of nitrogens with zero attached hydrogens (tertiary/aromatic N) is 1. The van der Waals surface area contributed by atoms with Crippen LogP contribution in [0.25, 0.3) is 0 Å². The number of ether oxygens (including phenoxy) is 2. The first-order valence-electron chi connectivity index (χ1n) is 9.42. The van der Waals surface area contributed by atoms with Crippen LogP contribution in [0.3, 0.4) is 0 Å². The number of esters is 1. The van der Waals surface area contributed by atoms with Gasteiger partial charge in [0.25, 0.3) is 0 Å². The van der Waals surface area contributed by atoms with Gasteiger partial charge in [-0.2, -0.15) is 5.10 Å². The quantitative estimate of drug-likeness (QED) is 0.178. The molecule has 0 saturated carbocycles. The Morgan fingerprint density at radius 1 is 0.879 bits per heavy atom. The second-order valence-electron chi connectivity index (χ2n) is 6.44. The van der Waals surface area contributed by atoms with Crippen molar-refractivity contribution in [3.8, 4) is 11.5 Å². The highest BCUT2D eigenvalue weighted by Crippen LogP contribution is 2.29. The largest absolute Gasteiger partial charge is 0.497 e. The fraction of sp³-hybridized carbons (Fsp3) is 0.0435. The van der Waals surface area contributed by atoms with Gasteiger partial charge in [-0.15, -0.1) is 0 Å². The van der Waals surface area contributed by atoms with Crippen molar-refractivity contribution in [3.05, 3.63) is 87.9 Å². The zero-order valence-corrected chi connectivity index (χ0v) is 18.7. The highest BCUT2D eigenvalue weighted by Gasteiger charge is 2.15. The van der Waals surface area contributed by atoms with E-state index >= 15 is 0 Å². The maximum Gasteiger partial charge on any atom is 0.343 e. The zero-order chi connectivity index (χ0) is 23.8. The van der Waals surface area contributed by atoms with Crippen LogP contribution in [0.1, 0.15) is 15.9 Å². The minimum atomic E-state index is -0.993. The first-order valence-corrected chi connectivity index (χ1v) is 10.2. The summed E-state index contributed by atoms with van der Waals surface area (Å²) in [6.07, 6.45) is 1.33. The molecule has 0 saturated heterocycles. The number of benzene rings is 3. The number of rotatable bonds is 6. The van der Waals surface area contributed by atoms with E-state index in [9.17, 15) is 14.4 Å². The Morgan fingerprint density at radius 3 is 2.21 bits per heavy atom. The summed E-state index contributed by atoms with van der Waals surface area (Å²) < 4.78 is 10.4. The minimum absolute atomic E-state index is 0.122. The van der Waals surface area contributed by atoms with Crippen LogP contribution in [-0.4, -0.2) is 31.1 Å². The minimum Gasteiger partial charge on any atom is -0.497 e. The Bertz CT molecular complexity index is 1200. The van der Waals surface area contributed by atoms with Crippen molar-refractivity contribution in [1.82, 2.24) is 5.43 Å². The molecule has 3 aromatic rings. The maximum absolute atomic E-state index is 12.2. The van der Waals surface area contributed by atoms with Gasteiger partial charge in [0.1, 0.15) is 11.5 Å². The van der Waals surface area contributed by atoms with E-state index in [4.69, 9.17) is 32.7 Å². The normalized spacial score (nSPS) is 10.5. The van der Waals surface area contributed by atoms with Gasteiger partial charge in [-0.3, -0.25) is 9.59 Å². The third-order valence-electron chi connectivity index (χ3n) is 4.20. The van der Waals surface area contributed by atoms with Gasteiger partial charge in [0.15, 0.2) is 0 Å². The number of hydrogen-bond donors (Lipinski definition) is 2. The second-order valence-corrected chi connectivity index (χ2v) is 7.23. The number of anilines is 1. The lowest BCUT2D eigenvalue weighted by Gasteiger charge is -2.07. The molecular formula is C23H17Cl2N3O5. The Labute approximate surface area is 199 Å². The number of carbonyl (C=O) groups is 3. The van der Waals surface area contributed by atoms with Crippen LogP contribution in [0.15, 0.2) is 71.8 Å². The molecule has 0 aromatic heterocycles. The van der Waals surface area contributed by atoms with Crippen LogP contribution in [0.2, 0.25) is 10.0 Å². The second kappa shape index (κ2) is 11.1. The predicted octanol–water partition coefficient (Wildman–Crippen LogP) is 4.31. The standard InChI is InChI=1S/C23H17Cl2N3O5/c1-32-16-11-7-15(8-12-16)23(31)33-17-9-5-14(6-10-17)13-26-28-22(30)21(29)27-19-4-2-3-18(24)20(19)25/h2-13H,1H3,(H,27,29)(H,28,30)/b26-13+. The molecule has 3 rings (SSSR count). The van der Waals surface area contributed by atoms with Crippen molar-refractivity contribution in [2.75, 3.05) is 12.4 Å². The number of hydrogen-bond acceptors (Lipinski definition) is 6. The van der Waals surface area contributed by atoms with Gasteiger partial charge in [0, 0.05) is 0 Å². The van der Waals surface area contributed by atoms with Crippen LogP contribution >= 0.6 is 23.2 Å². The van der Waals surface area contributed by atoms with Crippen molar-refractivity contribution in [1.29, 1.82) is 0 Å². The Kier molecular flexibility index (Phi) is 8.01. The molecule has 2 amide bonds. The maximum atomic E-state index is 12.2. The Balaban J connectivity index is 1.52. The molecule has 33 heavy (non-hydrogen) atoms. The van der Waals surface area contributed by atoms with E-state index in [0.29, 0.717) is 22.6 Å². The van der Waals surface area contributed by atoms with Crippen molar-refractivity contribution in [3.63, 3.8) is 0 Å². The molecule has 0 aliphatic carbocycles. The monoisotopic (exact) mass is 485 g/mol. The first kappa shape index (κ1) is 23.8. The van der Waals surface area contributed by atoms with Gasteiger partial charge < -0.3 is 14.8 Å². The average molecular weight is 486 g/mol. The fourth-order valence-corrected chi connectivity index (χ4v) is 2.86. The number of hydrazone groups is 1. The fourth-order valence-electron chi connectivity index (χ4n) is 2.51. The number of methoxy groups -OCH3 is 1. The molecule has 10 heteroatoms. The van der Waals surface area contributed by atoms with E-state index in [-0.39, 0.29) is 15.7 Å². The molecule has 0 heterocycles. The number of carbonyl (C=O) groups excluding carboxylic acids is 3. The molecule has 0 spiro atoms. The van der Waals surface area contributed by atoms with Crippen LogP contribution in [0.4, 0.5) is 5.69 Å². The number of nitrogens with one attached hydrogen (secondary N) is 2. The molecule has 8 nitrogen and oxygen atoms in total. The van der Waals surface area contributed by atoms with Crippen molar-refractivity contribution >= 4 is 52.9 Å². The molecule has 0 aliphatic rings. The molecular weight excluding hydrogens is 469 g/mol. The molecule has 0 aliphatic heterocycles. The van der Waals surface area contributed by atoms with E-state index in [2.05, 4.69) is 15.8 Å². The lowest BCUT2D eigenvalue weighted by Crippen LogP contribution is -2.32. The third kappa shape index (κ3) is 6.55. The summed E-state index contributed by atoms with van der Waals surface area (Å²) in [6, 6.07) is 17.5. The highest BCUT2D eigenvalue weighted by atomic mass is 35.5. The summed E-state index contributed by atoms with van der Waals surface area (Å²) in [5.41, 5.74) is 3.28. The van der Waals surface area contributed by atoms with Crippen molar-refractivity contribution in [2.24, 2.45) is 5.10 Å².